The fourth-order valence-corrected chi connectivity index (χ4v) is 8.71. The summed E-state index contributed by atoms with van der Waals surface area (Å²) in [5, 5.41) is 9.21. The van der Waals surface area contributed by atoms with E-state index in [2.05, 4.69) is 43.9 Å². The highest BCUT2D eigenvalue weighted by Crippen LogP contribution is 2.34. The van der Waals surface area contributed by atoms with Crippen molar-refractivity contribution in [3.8, 4) is 11.3 Å². The van der Waals surface area contributed by atoms with Gasteiger partial charge >= 0.3 is 0 Å². The van der Waals surface area contributed by atoms with Crippen LogP contribution in [0.2, 0.25) is 0 Å². The largest absolute Gasteiger partial charge is 0.372 e. The molecule has 11 nitrogen and oxygen atoms in total. The molecule has 1 unspecified atom stereocenters. The molecule has 2 aliphatic heterocycles. The Morgan fingerprint density at radius 2 is 1.54 bits per heavy atom. The summed E-state index contributed by atoms with van der Waals surface area (Å²) in [4.78, 5) is 65.0. The highest BCUT2D eigenvalue weighted by atomic mass is 16.2. The number of anilines is 2. The van der Waals surface area contributed by atoms with Crippen molar-refractivity contribution in [2.24, 2.45) is 5.92 Å². The number of rotatable bonds is 11. The Morgan fingerprint density at radius 1 is 0.789 bits per heavy atom. The second-order valence-corrected chi connectivity index (χ2v) is 15.8. The lowest BCUT2D eigenvalue weighted by atomic mass is 9.87. The zero-order chi connectivity index (χ0) is 39.9. The van der Waals surface area contributed by atoms with Gasteiger partial charge in [0.2, 0.25) is 5.91 Å². The van der Waals surface area contributed by atoms with E-state index in [-0.39, 0.29) is 35.6 Å². The van der Waals surface area contributed by atoms with Gasteiger partial charge in [-0.2, -0.15) is 0 Å². The molecule has 3 aromatic carbocycles. The number of aromatic nitrogens is 1. The highest BCUT2D eigenvalue weighted by molar-refractivity contribution is 6.09. The maximum Gasteiger partial charge on any atom is 0.255 e. The third-order valence-corrected chi connectivity index (χ3v) is 11.9. The van der Waals surface area contributed by atoms with Crippen LogP contribution in [0.15, 0.2) is 79.0 Å². The topological polar surface area (TPSA) is 127 Å². The van der Waals surface area contributed by atoms with E-state index in [1.54, 1.807) is 56.5 Å². The molecule has 0 bridgehead atoms. The molecule has 1 atom stereocenters. The van der Waals surface area contributed by atoms with Gasteiger partial charge in [0.25, 0.3) is 17.7 Å². The second kappa shape index (κ2) is 18.1. The van der Waals surface area contributed by atoms with Crippen molar-refractivity contribution in [2.75, 3.05) is 64.1 Å². The molecule has 11 heteroatoms. The third kappa shape index (κ3) is 9.20. The molecule has 2 fully saturated rings. The van der Waals surface area contributed by atoms with Crippen molar-refractivity contribution in [3.63, 3.8) is 0 Å². The lowest BCUT2D eigenvalue weighted by Gasteiger charge is -2.32. The van der Waals surface area contributed by atoms with Crippen LogP contribution in [-0.4, -0.2) is 92.3 Å². The molecule has 2 saturated heterocycles. The van der Waals surface area contributed by atoms with Crippen molar-refractivity contribution in [1.82, 2.24) is 25.4 Å². The minimum Gasteiger partial charge on any atom is -0.372 e. The van der Waals surface area contributed by atoms with Crippen LogP contribution < -0.4 is 20.9 Å². The highest BCUT2D eigenvalue weighted by Gasteiger charge is 2.28. The van der Waals surface area contributed by atoms with Gasteiger partial charge < -0.3 is 30.7 Å². The summed E-state index contributed by atoms with van der Waals surface area (Å²) in [6, 6.07) is 23.1. The predicted octanol–water partition coefficient (Wildman–Crippen LogP) is 6.50. The smallest absolute Gasteiger partial charge is 0.255 e. The molecule has 298 valence electrons. The summed E-state index contributed by atoms with van der Waals surface area (Å²) in [6.07, 6.45) is 10.0. The molecule has 0 radical (unpaired) electrons. The van der Waals surface area contributed by atoms with Gasteiger partial charge in [-0.1, -0.05) is 30.3 Å². The number of fused-ring (bicyclic) bond motifs is 1. The number of benzene rings is 3. The molecular weight excluding hydrogens is 715 g/mol. The summed E-state index contributed by atoms with van der Waals surface area (Å²) in [7, 11) is 5.19. The first kappa shape index (κ1) is 39.7. The lowest BCUT2D eigenvalue weighted by Crippen LogP contribution is -2.41. The Balaban J connectivity index is 1.16. The fraction of sp³-hybridized carbons (Fsp3) is 0.413. The molecule has 0 saturated carbocycles. The molecule has 1 aliphatic carbocycles. The number of likely N-dealkylation sites (tertiary alicyclic amines) is 1. The normalized spacial score (nSPS) is 17.3. The van der Waals surface area contributed by atoms with E-state index in [9.17, 15) is 19.2 Å². The number of carbonyl (C=O) groups is 4. The first-order valence-electron chi connectivity index (χ1n) is 20.5. The zero-order valence-electron chi connectivity index (χ0n) is 33.5. The summed E-state index contributed by atoms with van der Waals surface area (Å²) in [6.45, 7) is 4.10. The number of nitrogens with one attached hydrogen (secondary N) is 3. The summed E-state index contributed by atoms with van der Waals surface area (Å²) in [5.41, 5.74) is 7.41. The Bertz CT molecular complexity index is 2100. The third-order valence-electron chi connectivity index (χ3n) is 11.9. The standard InChI is InChI=1S/C46H55N7O4/c1-47-44(55)37-14-10-15-38(36(37)22-28-52-26-20-32(21-27-52)46(57)51(2)3)45(56)50-41-18-17-34(53-24-7-4-8-25-53)30-39(41)42-29-33(19-23-48-42)43(54)49-40-16-9-12-31-11-5-6-13-35(31)40/h5-6,10-11,13-15,17-19,23,29-30,32,40H,4,7-9,12,16,20-22,24-28H2,1-3H3,(H,47,55)(H,49,54)(H,50,56). The lowest BCUT2D eigenvalue weighted by molar-refractivity contribution is -0.134. The van der Waals surface area contributed by atoms with Crippen LogP contribution in [0.3, 0.4) is 0 Å². The van der Waals surface area contributed by atoms with Crippen molar-refractivity contribution in [2.45, 2.75) is 63.8 Å². The summed E-state index contributed by atoms with van der Waals surface area (Å²) in [5.74, 6) is -0.564. The van der Waals surface area contributed by atoms with Gasteiger partial charge in [0.05, 0.1) is 17.4 Å². The Kier molecular flexibility index (Phi) is 12.6. The average molecular weight is 770 g/mol. The molecule has 3 N–H and O–H groups in total. The van der Waals surface area contributed by atoms with Crippen molar-refractivity contribution >= 4 is 35.0 Å². The Hall–Kier alpha value is -5.55. The monoisotopic (exact) mass is 769 g/mol. The molecule has 57 heavy (non-hydrogen) atoms. The van der Waals surface area contributed by atoms with E-state index < -0.39 is 0 Å². The fourth-order valence-electron chi connectivity index (χ4n) is 8.71. The zero-order valence-corrected chi connectivity index (χ0v) is 33.5. The Morgan fingerprint density at radius 3 is 2.30 bits per heavy atom. The average Bonchev–Trinajstić information content (AvgIpc) is 3.25. The number of carbonyl (C=O) groups excluding carboxylic acids is 4. The predicted molar refractivity (Wildman–Crippen MR) is 225 cm³/mol. The van der Waals surface area contributed by atoms with Crippen LogP contribution in [-0.2, 0) is 17.6 Å². The minimum absolute atomic E-state index is 0.0187. The molecule has 7 rings (SSSR count). The van der Waals surface area contributed by atoms with Crippen LogP contribution in [0, 0.1) is 5.92 Å². The van der Waals surface area contributed by atoms with Crippen LogP contribution in [0.1, 0.15) is 98.8 Å². The molecule has 0 spiro atoms. The number of amides is 4. The number of pyridine rings is 1. The van der Waals surface area contributed by atoms with Crippen LogP contribution in [0.25, 0.3) is 11.3 Å². The van der Waals surface area contributed by atoms with Crippen molar-refractivity contribution in [1.29, 1.82) is 0 Å². The quantitative estimate of drug-likeness (QED) is 0.159. The van der Waals surface area contributed by atoms with Crippen molar-refractivity contribution in [3.05, 3.63) is 112 Å². The van der Waals surface area contributed by atoms with Crippen LogP contribution >= 0.6 is 0 Å². The first-order chi connectivity index (χ1) is 27.7. The molecule has 4 aromatic rings. The molecule has 3 aliphatic rings. The van der Waals surface area contributed by atoms with E-state index in [1.807, 2.05) is 30.3 Å². The van der Waals surface area contributed by atoms with Crippen molar-refractivity contribution < 1.29 is 19.2 Å². The van der Waals surface area contributed by atoms with E-state index >= 15 is 0 Å². The number of hydrogen-bond donors (Lipinski definition) is 3. The second-order valence-electron chi connectivity index (χ2n) is 15.8. The van der Waals surface area contributed by atoms with Gasteiger partial charge in [-0.15, -0.1) is 0 Å². The molecule has 3 heterocycles. The van der Waals surface area contributed by atoms with Gasteiger partial charge in [0.1, 0.15) is 0 Å². The number of hydrogen-bond acceptors (Lipinski definition) is 7. The van der Waals surface area contributed by atoms with Gasteiger partial charge in [-0.05, 0) is 130 Å². The van der Waals surface area contributed by atoms with E-state index in [0.29, 0.717) is 52.2 Å². The Labute approximate surface area is 336 Å². The van der Waals surface area contributed by atoms with Crippen LogP contribution in [0.4, 0.5) is 11.4 Å². The SMILES string of the molecule is CNC(=O)c1cccc(C(=O)Nc2ccc(N3CCCCC3)cc2-c2cc(C(=O)NC3CCCc4ccccc43)ccn2)c1CCN1CCC(C(=O)N(C)C)CC1. The maximum atomic E-state index is 14.4. The molecular formula is C46H55N7O4. The van der Waals surface area contributed by atoms with E-state index in [0.717, 1.165) is 76.8 Å². The maximum absolute atomic E-state index is 14.4. The summed E-state index contributed by atoms with van der Waals surface area (Å²) >= 11 is 0. The molecule has 4 amide bonds. The minimum atomic E-state index is -0.331. The number of piperidine rings is 2. The van der Waals surface area contributed by atoms with Gasteiger partial charge in [0, 0.05) is 80.8 Å². The summed E-state index contributed by atoms with van der Waals surface area (Å²) < 4.78 is 0. The van der Waals surface area contributed by atoms with Gasteiger partial charge in [-0.25, -0.2) is 0 Å². The first-order valence-corrected chi connectivity index (χ1v) is 20.5. The van der Waals surface area contributed by atoms with E-state index in [4.69, 9.17) is 4.98 Å². The number of nitrogens with zero attached hydrogens (tertiary/aromatic N) is 4. The van der Waals surface area contributed by atoms with Crippen LogP contribution in [0.5, 0.6) is 0 Å². The van der Waals surface area contributed by atoms with Gasteiger partial charge in [-0.3, -0.25) is 24.2 Å². The number of aryl methyl sites for hydroxylation is 1. The molecule has 1 aromatic heterocycles. The van der Waals surface area contributed by atoms with Gasteiger partial charge in [0.15, 0.2) is 0 Å². The van der Waals surface area contributed by atoms with E-state index in [1.165, 1.54) is 17.5 Å².